The summed E-state index contributed by atoms with van der Waals surface area (Å²) in [7, 11) is -4.73. The molecule has 34 heavy (non-hydrogen) atoms. The molecule has 0 radical (unpaired) electrons. The molecular formula is C22H23F3O8S. The standard InChI is InChI=1S/C22H23F3O8S/c1-28-21-19(29-12-14-8-4-2-5-9-14)18(33-34(26,27)22(23,24)25)17-16(31-21)13-30-20(32-17)15-10-6-3-7-11-15/h2-11,16-21H,12-13H2,1H3/t16-,17-,18+,19-,20?,21-/m1/s1. The van der Waals surface area contributed by atoms with Crippen molar-refractivity contribution in [1.29, 1.82) is 0 Å². The maximum absolute atomic E-state index is 13.2. The van der Waals surface area contributed by atoms with Gasteiger partial charge in [0.1, 0.15) is 24.4 Å². The van der Waals surface area contributed by atoms with Crippen LogP contribution >= 0.6 is 0 Å². The van der Waals surface area contributed by atoms with E-state index in [1.54, 1.807) is 60.7 Å². The first-order valence-electron chi connectivity index (χ1n) is 10.3. The number of hydrogen-bond donors (Lipinski definition) is 0. The maximum Gasteiger partial charge on any atom is 0.523 e. The predicted molar refractivity (Wildman–Crippen MR) is 111 cm³/mol. The highest BCUT2D eigenvalue weighted by Gasteiger charge is 2.57. The van der Waals surface area contributed by atoms with Crippen molar-refractivity contribution in [3.63, 3.8) is 0 Å². The van der Waals surface area contributed by atoms with Crippen LogP contribution in [-0.2, 0) is 44.6 Å². The summed E-state index contributed by atoms with van der Waals surface area (Å²) >= 11 is 0. The Morgan fingerprint density at radius 1 is 0.971 bits per heavy atom. The van der Waals surface area contributed by atoms with Crippen LogP contribution in [0.2, 0.25) is 0 Å². The fraction of sp³-hybridized carbons (Fsp3) is 0.455. The SMILES string of the molecule is CO[C@@H]1O[C@@H]2COC(c3ccccc3)O[C@H]2[C@H](OS(=O)(=O)C(F)(F)F)[C@H]1OCc1ccccc1. The summed E-state index contributed by atoms with van der Waals surface area (Å²) in [4.78, 5) is 0. The van der Waals surface area contributed by atoms with E-state index in [9.17, 15) is 21.6 Å². The van der Waals surface area contributed by atoms with E-state index in [4.69, 9.17) is 27.9 Å². The first-order valence-corrected chi connectivity index (χ1v) is 11.8. The van der Waals surface area contributed by atoms with Gasteiger partial charge in [0.25, 0.3) is 0 Å². The van der Waals surface area contributed by atoms with Crippen molar-refractivity contribution in [3.8, 4) is 0 Å². The van der Waals surface area contributed by atoms with E-state index in [1.807, 2.05) is 0 Å². The van der Waals surface area contributed by atoms with E-state index in [-0.39, 0.29) is 13.2 Å². The van der Waals surface area contributed by atoms with E-state index in [2.05, 4.69) is 0 Å². The van der Waals surface area contributed by atoms with Crippen molar-refractivity contribution < 1.29 is 49.5 Å². The van der Waals surface area contributed by atoms with Crippen molar-refractivity contribution in [1.82, 2.24) is 0 Å². The Balaban J connectivity index is 1.64. The number of ether oxygens (including phenoxy) is 5. The summed E-state index contributed by atoms with van der Waals surface area (Å²) in [6, 6.07) is 17.5. The summed E-state index contributed by atoms with van der Waals surface area (Å²) in [6.07, 6.45) is -7.52. The second-order valence-corrected chi connectivity index (χ2v) is 9.24. The molecule has 2 heterocycles. The summed E-state index contributed by atoms with van der Waals surface area (Å²) in [5.74, 6) is 0. The first-order chi connectivity index (χ1) is 16.2. The van der Waals surface area contributed by atoms with Gasteiger partial charge in [0.15, 0.2) is 12.6 Å². The van der Waals surface area contributed by atoms with Crippen LogP contribution in [0, 0.1) is 0 Å². The molecule has 2 aromatic carbocycles. The summed E-state index contributed by atoms with van der Waals surface area (Å²) < 4.78 is 96.8. The lowest BCUT2D eigenvalue weighted by Gasteiger charge is -2.48. The lowest BCUT2D eigenvalue weighted by atomic mass is 9.97. The van der Waals surface area contributed by atoms with Gasteiger partial charge in [-0.3, -0.25) is 4.18 Å². The van der Waals surface area contributed by atoms with E-state index >= 15 is 0 Å². The molecule has 0 aromatic heterocycles. The number of fused-ring (bicyclic) bond motifs is 1. The smallest absolute Gasteiger partial charge is 0.365 e. The van der Waals surface area contributed by atoms with Crippen molar-refractivity contribution in [2.45, 2.75) is 49.1 Å². The molecule has 8 nitrogen and oxygen atoms in total. The molecule has 12 heteroatoms. The van der Waals surface area contributed by atoms with Gasteiger partial charge in [-0.1, -0.05) is 60.7 Å². The number of halogens is 3. The van der Waals surface area contributed by atoms with Crippen LogP contribution in [0.1, 0.15) is 17.4 Å². The number of benzene rings is 2. The van der Waals surface area contributed by atoms with Crippen LogP contribution < -0.4 is 0 Å². The fourth-order valence-corrected chi connectivity index (χ4v) is 4.39. The van der Waals surface area contributed by atoms with Crippen LogP contribution in [0.25, 0.3) is 0 Å². The monoisotopic (exact) mass is 504 g/mol. The quantitative estimate of drug-likeness (QED) is 0.419. The van der Waals surface area contributed by atoms with Crippen LogP contribution in [-0.4, -0.2) is 58.3 Å². The Hall–Kier alpha value is -2.06. The van der Waals surface area contributed by atoms with Gasteiger partial charge in [-0.05, 0) is 5.56 Å². The van der Waals surface area contributed by atoms with Gasteiger partial charge in [-0.15, -0.1) is 0 Å². The zero-order valence-corrected chi connectivity index (χ0v) is 18.8. The molecule has 0 N–H and O–H groups in total. The Kier molecular flexibility index (Phi) is 7.57. The third kappa shape index (κ3) is 5.43. The van der Waals surface area contributed by atoms with Crippen molar-refractivity contribution >= 4 is 10.1 Å². The fourth-order valence-electron chi connectivity index (χ4n) is 3.77. The van der Waals surface area contributed by atoms with E-state index in [1.165, 1.54) is 7.11 Å². The highest BCUT2D eigenvalue weighted by Crippen LogP contribution is 2.39. The average Bonchev–Trinajstić information content (AvgIpc) is 2.83. The highest BCUT2D eigenvalue weighted by atomic mass is 32.2. The van der Waals surface area contributed by atoms with E-state index < -0.39 is 52.6 Å². The molecule has 2 fully saturated rings. The van der Waals surface area contributed by atoms with Crippen molar-refractivity contribution in [2.75, 3.05) is 13.7 Å². The second-order valence-electron chi connectivity index (χ2n) is 7.68. The maximum atomic E-state index is 13.2. The van der Waals surface area contributed by atoms with Crippen LogP contribution in [0.3, 0.4) is 0 Å². The first kappa shape index (κ1) is 25.0. The number of hydrogen-bond acceptors (Lipinski definition) is 8. The molecule has 2 aromatic rings. The number of alkyl halides is 3. The van der Waals surface area contributed by atoms with E-state index in [0.717, 1.165) is 0 Å². The van der Waals surface area contributed by atoms with Gasteiger partial charge in [-0.2, -0.15) is 21.6 Å². The van der Waals surface area contributed by atoms with Gasteiger partial charge < -0.3 is 23.7 Å². The zero-order chi connectivity index (χ0) is 24.3. The largest absolute Gasteiger partial charge is 0.523 e. The summed E-state index contributed by atoms with van der Waals surface area (Å²) in [5.41, 5.74) is -4.35. The lowest BCUT2D eigenvalue weighted by molar-refractivity contribution is -0.360. The Bertz CT molecular complexity index is 1030. The molecule has 0 bridgehead atoms. The molecular weight excluding hydrogens is 481 g/mol. The van der Waals surface area contributed by atoms with Crippen molar-refractivity contribution in [2.24, 2.45) is 0 Å². The summed E-state index contributed by atoms with van der Waals surface area (Å²) in [6.45, 7) is -0.155. The lowest BCUT2D eigenvalue weighted by Crippen LogP contribution is -2.64. The molecule has 2 saturated heterocycles. The third-order valence-corrected chi connectivity index (χ3v) is 6.44. The van der Waals surface area contributed by atoms with Gasteiger partial charge in [0.2, 0.25) is 0 Å². The zero-order valence-electron chi connectivity index (χ0n) is 18.0. The predicted octanol–water partition coefficient (Wildman–Crippen LogP) is 3.29. The minimum absolute atomic E-state index is 0.0589. The van der Waals surface area contributed by atoms with Gasteiger partial charge in [0.05, 0.1) is 13.2 Å². The summed E-state index contributed by atoms with van der Waals surface area (Å²) in [5, 5.41) is 0. The Morgan fingerprint density at radius 2 is 1.62 bits per heavy atom. The van der Waals surface area contributed by atoms with Crippen molar-refractivity contribution in [3.05, 3.63) is 71.8 Å². The minimum Gasteiger partial charge on any atom is -0.365 e. The molecule has 0 saturated carbocycles. The molecule has 2 aliphatic rings. The Morgan fingerprint density at radius 3 is 2.24 bits per heavy atom. The highest BCUT2D eigenvalue weighted by molar-refractivity contribution is 7.87. The molecule has 186 valence electrons. The average molecular weight is 504 g/mol. The third-order valence-electron chi connectivity index (χ3n) is 5.39. The van der Waals surface area contributed by atoms with Crippen LogP contribution in [0.5, 0.6) is 0 Å². The number of rotatable bonds is 7. The van der Waals surface area contributed by atoms with Crippen LogP contribution in [0.4, 0.5) is 13.2 Å². The molecule has 0 spiro atoms. The topological polar surface area (TPSA) is 89.5 Å². The second kappa shape index (κ2) is 10.3. The number of methoxy groups -OCH3 is 1. The molecule has 1 unspecified atom stereocenters. The molecule has 2 aliphatic heterocycles. The Labute approximate surface area is 194 Å². The molecule has 6 atom stereocenters. The normalized spacial score (nSPS) is 30.0. The molecule has 4 rings (SSSR count). The van der Waals surface area contributed by atoms with Gasteiger partial charge in [-0.25, -0.2) is 0 Å². The van der Waals surface area contributed by atoms with Gasteiger partial charge in [0, 0.05) is 12.7 Å². The van der Waals surface area contributed by atoms with Gasteiger partial charge >= 0.3 is 15.6 Å². The molecule has 0 amide bonds. The van der Waals surface area contributed by atoms with E-state index in [0.29, 0.717) is 11.1 Å². The molecule has 0 aliphatic carbocycles. The minimum atomic E-state index is -5.99. The van der Waals surface area contributed by atoms with Crippen LogP contribution in [0.15, 0.2) is 60.7 Å².